The minimum absolute atomic E-state index is 0.819. The molecule has 1 heterocycles. The maximum absolute atomic E-state index is 5.97. The van der Waals surface area contributed by atoms with E-state index in [1.165, 1.54) is 11.1 Å². The molecule has 0 bridgehead atoms. The van der Waals surface area contributed by atoms with E-state index in [4.69, 9.17) is 5.73 Å². The molecular formula is C12H14N2. The summed E-state index contributed by atoms with van der Waals surface area (Å²) in [5.74, 6) is 0.819. The molecule has 0 aliphatic rings. The van der Waals surface area contributed by atoms with Gasteiger partial charge in [0.05, 0.1) is 0 Å². The Labute approximate surface area is 84.0 Å². The Kier molecular flexibility index (Phi) is 2.04. The average Bonchev–Trinajstić information content (AvgIpc) is 2.49. The molecule has 0 unspecified atom stereocenters. The van der Waals surface area contributed by atoms with Crippen LogP contribution in [0.15, 0.2) is 36.5 Å². The van der Waals surface area contributed by atoms with Gasteiger partial charge in [0.25, 0.3) is 0 Å². The number of anilines is 1. The normalized spacial score (nSPS) is 10.4. The predicted octanol–water partition coefficient (Wildman–Crippen LogP) is 2.58. The lowest BCUT2D eigenvalue weighted by Gasteiger charge is -2.05. The second kappa shape index (κ2) is 3.22. The van der Waals surface area contributed by atoms with E-state index in [1.54, 1.807) is 0 Å². The fourth-order valence-corrected chi connectivity index (χ4v) is 1.64. The third kappa shape index (κ3) is 1.29. The van der Waals surface area contributed by atoms with Crippen molar-refractivity contribution in [2.24, 2.45) is 7.05 Å². The van der Waals surface area contributed by atoms with Gasteiger partial charge in [0.15, 0.2) is 0 Å². The van der Waals surface area contributed by atoms with Crippen LogP contribution < -0.4 is 5.73 Å². The number of nitrogens with zero attached hydrogens (tertiary/aromatic N) is 1. The first-order valence-electron chi connectivity index (χ1n) is 4.67. The number of hydrogen-bond donors (Lipinski definition) is 1. The molecular weight excluding hydrogens is 172 g/mol. The Bertz CT molecular complexity index is 455. The Morgan fingerprint density at radius 1 is 1.07 bits per heavy atom. The summed E-state index contributed by atoms with van der Waals surface area (Å²) in [4.78, 5) is 0. The van der Waals surface area contributed by atoms with Crippen molar-refractivity contribution in [3.05, 3.63) is 42.1 Å². The van der Waals surface area contributed by atoms with Crippen LogP contribution in [0.5, 0.6) is 0 Å². The summed E-state index contributed by atoms with van der Waals surface area (Å²) in [7, 11) is 1.96. The van der Waals surface area contributed by atoms with Gasteiger partial charge in [-0.15, -0.1) is 0 Å². The molecule has 0 amide bonds. The highest BCUT2D eigenvalue weighted by Crippen LogP contribution is 2.28. The van der Waals surface area contributed by atoms with Gasteiger partial charge in [-0.05, 0) is 24.1 Å². The molecule has 0 saturated carbocycles. The van der Waals surface area contributed by atoms with E-state index in [2.05, 4.69) is 25.1 Å². The molecule has 0 fully saturated rings. The molecule has 14 heavy (non-hydrogen) atoms. The number of aryl methyl sites for hydroxylation is 2. The number of nitrogens with two attached hydrogens (primary N) is 1. The summed E-state index contributed by atoms with van der Waals surface area (Å²) in [6.45, 7) is 2.10. The zero-order chi connectivity index (χ0) is 10.1. The first kappa shape index (κ1) is 8.88. The number of nitrogen functional groups attached to an aromatic ring is 1. The van der Waals surface area contributed by atoms with Gasteiger partial charge in [-0.25, -0.2) is 0 Å². The van der Waals surface area contributed by atoms with Gasteiger partial charge < -0.3 is 10.3 Å². The summed E-state index contributed by atoms with van der Waals surface area (Å²) in [6, 6.07) is 10.3. The molecule has 0 saturated heterocycles. The molecule has 2 rings (SSSR count). The molecule has 0 radical (unpaired) electrons. The number of aromatic nitrogens is 1. The van der Waals surface area contributed by atoms with Gasteiger partial charge in [-0.1, -0.05) is 24.3 Å². The number of rotatable bonds is 1. The van der Waals surface area contributed by atoms with Crippen LogP contribution in [0.4, 0.5) is 5.82 Å². The topological polar surface area (TPSA) is 30.9 Å². The first-order valence-corrected chi connectivity index (χ1v) is 4.67. The Balaban J connectivity index is 2.60. The van der Waals surface area contributed by atoms with E-state index in [0.717, 1.165) is 11.4 Å². The second-order valence-electron chi connectivity index (χ2n) is 3.54. The van der Waals surface area contributed by atoms with Gasteiger partial charge in [0, 0.05) is 18.8 Å². The fourth-order valence-electron chi connectivity index (χ4n) is 1.64. The van der Waals surface area contributed by atoms with Gasteiger partial charge in [0.1, 0.15) is 5.82 Å². The van der Waals surface area contributed by atoms with E-state index in [0.29, 0.717) is 0 Å². The SMILES string of the molecule is Cc1ccccc1-c1ccn(C)c1N. The molecule has 0 aliphatic heterocycles. The van der Waals surface area contributed by atoms with Gasteiger partial charge >= 0.3 is 0 Å². The maximum Gasteiger partial charge on any atom is 0.111 e. The third-order valence-electron chi connectivity index (χ3n) is 2.56. The third-order valence-corrected chi connectivity index (χ3v) is 2.56. The van der Waals surface area contributed by atoms with Crippen LogP contribution in [0.25, 0.3) is 11.1 Å². The lowest BCUT2D eigenvalue weighted by atomic mass is 10.0. The van der Waals surface area contributed by atoms with E-state index in [9.17, 15) is 0 Å². The quantitative estimate of drug-likeness (QED) is 0.729. The Morgan fingerprint density at radius 2 is 1.79 bits per heavy atom. The Hall–Kier alpha value is -1.70. The van der Waals surface area contributed by atoms with Crippen LogP contribution in [0.2, 0.25) is 0 Å². The highest BCUT2D eigenvalue weighted by molar-refractivity contribution is 5.76. The summed E-state index contributed by atoms with van der Waals surface area (Å²) >= 11 is 0. The van der Waals surface area contributed by atoms with Gasteiger partial charge in [-0.3, -0.25) is 0 Å². The summed E-state index contributed by atoms with van der Waals surface area (Å²) in [6.07, 6.45) is 1.98. The van der Waals surface area contributed by atoms with E-state index < -0.39 is 0 Å². The molecule has 2 nitrogen and oxygen atoms in total. The maximum atomic E-state index is 5.97. The van der Waals surface area contributed by atoms with Crippen LogP contribution in [0.1, 0.15) is 5.56 Å². The second-order valence-corrected chi connectivity index (χ2v) is 3.54. The van der Waals surface area contributed by atoms with Crippen molar-refractivity contribution in [2.45, 2.75) is 6.92 Å². The van der Waals surface area contributed by atoms with Crippen LogP contribution >= 0.6 is 0 Å². The van der Waals surface area contributed by atoms with Crippen molar-refractivity contribution in [1.82, 2.24) is 4.57 Å². The van der Waals surface area contributed by atoms with Crippen molar-refractivity contribution in [2.75, 3.05) is 5.73 Å². The van der Waals surface area contributed by atoms with E-state index in [-0.39, 0.29) is 0 Å². The van der Waals surface area contributed by atoms with Crippen molar-refractivity contribution >= 4 is 5.82 Å². The zero-order valence-corrected chi connectivity index (χ0v) is 8.49. The molecule has 2 heteroatoms. The van der Waals surface area contributed by atoms with Crippen LogP contribution in [-0.2, 0) is 7.05 Å². The van der Waals surface area contributed by atoms with Crippen molar-refractivity contribution in [3.63, 3.8) is 0 Å². The van der Waals surface area contributed by atoms with Crippen LogP contribution in [0.3, 0.4) is 0 Å². The fraction of sp³-hybridized carbons (Fsp3) is 0.167. The lowest BCUT2D eigenvalue weighted by Crippen LogP contribution is -1.96. The largest absolute Gasteiger partial charge is 0.385 e. The van der Waals surface area contributed by atoms with Gasteiger partial charge in [-0.2, -0.15) is 0 Å². The van der Waals surface area contributed by atoms with Crippen molar-refractivity contribution in [1.29, 1.82) is 0 Å². The smallest absolute Gasteiger partial charge is 0.111 e. The summed E-state index contributed by atoms with van der Waals surface area (Å²) in [5.41, 5.74) is 9.55. The molecule has 0 spiro atoms. The summed E-state index contributed by atoms with van der Waals surface area (Å²) in [5, 5.41) is 0. The first-order chi connectivity index (χ1) is 6.70. The minimum atomic E-state index is 0.819. The molecule has 0 atom stereocenters. The molecule has 0 aliphatic carbocycles. The van der Waals surface area contributed by atoms with Crippen LogP contribution in [-0.4, -0.2) is 4.57 Å². The van der Waals surface area contributed by atoms with Crippen LogP contribution in [0, 0.1) is 6.92 Å². The van der Waals surface area contributed by atoms with Crippen molar-refractivity contribution in [3.8, 4) is 11.1 Å². The Morgan fingerprint density at radius 3 is 2.36 bits per heavy atom. The lowest BCUT2D eigenvalue weighted by molar-refractivity contribution is 0.942. The van der Waals surface area contributed by atoms with Gasteiger partial charge in [0.2, 0.25) is 0 Å². The molecule has 2 N–H and O–H groups in total. The highest BCUT2D eigenvalue weighted by Gasteiger charge is 2.06. The summed E-state index contributed by atoms with van der Waals surface area (Å²) < 4.78 is 1.93. The molecule has 72 valence electrons. The molecule has 2 aromatic rings. The average molecular weight is 186 g/mol. The van der Waals surface area contributed by atoms with E-state index in [1.807, 2.05) is 29.9 Å². The molecule has 1 aromatic carbocycles. The van der Waals surface area contributed by atoms with E-state index >= 15 is 0 Å². The highest BCUT2D eigenvalue weighted by atomic mass is 15.0. The zero-order valence-electron chi connectivity index (χ0n) is 8.49. The predicted molar refractivity (Wildman–Crippen MR) is 60.0 cm³/mol. The number of hydrogen-bond acceptors (Lipinski definition) is 1. The standard InChI is InChI=1S/C12H14N2/c1-9-5-3-4-6-10(9)11-7-8-14(2)12(11)13/h3-8H,13H2,1-2H3. The number of benzene rings is 1. The monoisotopic (exact) mass is 186 g/mol. The van der Waals surface area contributed by atoms with Crippen molar-refractivity contribution < 1.29 is 0 Å². The minimum Gasteiger partial charge on any atom is -0.385 e. The molecule has 1 aromatic heterocycles.